The highest BCUT2D eigenvalue weighted by Crippen LogP contribution is 2.40. The van der Waals surface area contributed by atoms with E-state index < -0.39 is 64.5 Å². The maximum Gasteiger partial charge on any atom is 0.419 e. The van der Waals surface area contributed by atoms with Gasteiger partial charge in [-0.2, -0.15) is 39.5 Å². The highest BCUT2D eigenvalue weighted by molar-refractivity contribution is 5.95. The van der Waals surface area contributed by atoms with E-state index in [1.165, 1.54) is 12.1 Å². The Morgan fingerprint density at radius 2 is 1.07 bits per heavy atom. The molecule has 4 aromatic carbocycles. The molecule has 0 unspecified atom stereocenters. The Kier molecular flexibility index (Phi) is 8.12. The topological polar surface area (TPSA) is 29.1 Å². The summed E-state index contributed by atoms with van der Waals surface area (Å²) in [5.74, 6) is -2.98. The molecule has 1 N–H and O–H groups in total. The molecule has 1 amide bonds. The number of nitrogens with one attached hydrogen (secondary N) is 1. The zero-order valence-corrected chi connectivity index (χ0v) is 21.1. The van der Waals surface area contributed by atoms with Gasteiger partial charge in [0.15, 0.2) is 0 Å². The van der Waals surface area contributed by atoms with Crippen molar-refractivity contribution in [3.63, 3.8) is 0 Å². The molecule has 0 bridgehead atoms. The lowest BCUT2D eigenvalue weighted by molar-refractivity contribution is -0.140. The van der Waals surface area contributed by atoms with Gasteiger partial charge in [-0.3, -0.25) is 4.79 Å². The molecule has 0 saturated heterocycles. The number of hydrogen-bond donors (Lipinski definition) is 1. The second-order valence-corrected chi connectivity index (χ2v) is 9.37. The molecule has 0 aromatic heterocycles. The minimum Gasteiger partial charge on any atom is -0.338 e. The average Bonchev–Trinajstić information content (AvgIpc) is 2.92. The van der Waals surface area contributed by atoms with Gasteiger partial charge in [0, 0.05) is 12.0 Å². The first-order valence-electron chi connectivity index (χ1n) is 12.1. The number of amides is 1. The summed E-state index contributed by atoms with van der Waals surface area (Å²) in [6, 6.07) is 16.1. The van der Waals surface area contributed by atoms with Gasteiger partial charge in [0.25, 0.3) is 5.91 Å². The van der Waals surface area contributed by atoms with Crippen LogP contribution in [0.4, 0.5) is 43.9 Å². The first-order chi connectivity index (χ1) is 19.5. The molecule has 2 nitrogen and oxygen atoms in total. The number of hydrogen-bond acceptors (Lipinski definition) is 1. The van der Waals surface area contributed by atoms with Crippen LogP contribution in [0.15, 0.2) is 97.1 Å². The van der Waals surface area contributed by atoms with Crippen LogP contribution in [-0.2, 0) is 30.5 Å². The minimum absolute atomic E-state index is 0.218. The highest BCUT2D eigenvalue weighted by atomic mass is 19.4. The molecule has 220 valence electrons. The fourth-order valence-corrected chi connectivity index (χ4v) is 4.53. The van der Waals surface area contributed by atoms with E-state index in [2.05, 4.69) is 5.32 Å². The lowest BCUT2D eigenvalue weighted by atomic mass is 9.76. The number of carbonyl (C=O) groups excluding carboxylic acids is 1. The van der Waals surface area contributed by atoms with E-state index in [9.17, 15) is 48.7 Å². The summed E-state index contributed by atoms with van der Waals surface area (Å²) >= 11 is 0. The minimum atomic E-state index is -5.19. The first kappa shape index (κ1) is 30.6. The van der Waals surface area contributed by atoms with Crippen LogP contribution in [0.2, 0.25) is 0 Å². The van der Waals surface area contributed by atoms with Crippen LogP contribution in [0.1, 0.15) is 43.7 Å². The van der Waals surface area contributed by atoms with E-state index in [4.69, 9.17) is 0 Å². The number of halogens is 10. The maximum absolute atomic E-state index is 13.9. The van der Waals surface area contributed by atoms with Gasteiger partial charge in [0.1, 0.15) is 5.82 Å². The van der Waals surface area contributed by atoms with Gasteiger partial charge < -0.3 is 5.32 Å². The van der Waals surface area contributed by atoms with Crippen molar-refractivity contribution >= 4 is 5.91 Å². The van der Waals surface area contributed by atoms with E-state index in [-0.39, 0.29) is 17.2 Å². The summed E-state index contributed by atoms with van der Waals surface area (Å²) in [6.45, 7) is 0. The molecule has 0 saturated carbocycles. The van der Waals surface area contributed by atoms with Gasteiger partial charge in [-0.05, 0) is 59.2 Å². The third-order valence-corrected chi connectivity index (χ3v) is 6.54. The number of carbonyl (C=O) groups is 1. The van der Waals surface area contributed by atoms with Crippen LogP contribution in [0, 0.1) is 5.82 Å². The Hall–Kier alpha value is -4.35. The Labute approximate surface area is 232 Å². The largest absolute Gasteiger partial charge is 0.419 e. The van der Waals surface area contributed by atoms with Crippen LogP contribution >= 0.6 is 0 Å². The standard InChI is InChI=1S/C30H19F10NO/c31-25-13-12-19(14-24(25)30(38,39)40)26(42)41-27(17-18-6-2-1-3-7-18,20-8-4-10-22(15-20)28(32,33)34)21-9-5-11-23(16-21)29(35,36)37/h1-16H,17H2,(H,41,42). The van der Waals surface area contributed by atoms with E-state index in [0.29, 0.717) is 23.8 Å². The van der Waals surface area contributed by atoms with E-state index in [1.807, 2.05) is 0 Å². The van der Waals surface area contributed by atoms with Crippen molar-refractivity contribution in [2.75, 3.05) is 0 Å². The van der Waals surface area contributed by atoms with Crippen molar-refractivity contribution in [3.05, 3.63) is 142 Å². The van der Waals surface area contributed by atoms with Crippen LogP contribution in [0.3, 0.4) is 0 Å². The van der Waals surface area contributed by atoms with Crippen LogP contribution < -0.4 is 5.32 Å². The van der Waals surface area contributed by atoms with E-state index in [0.717, 1.165) is 42.5 Å². The second kappa shape index (κ2) is 11.1. The Morgan fingerprint density at radius 1 is 0.571 bits per heavy atom. The number of alkyl halides is 9. The SMILES string of the molecule is O=C(NC(Cc1ccccc1)(c1cccc(C(F)(F)F)c1)c1cccc(C(F)(F)F)c1)c1ccc(F)c(C(F)(F)F)c1. The summed E-state index contributed by atoms with van der Waals surface area (Å²) in [4.78, 5) is 13.5. The Morgan fingerprint density at radius 3 is 1.55 bits per heavy atom. The van der Waals surface area contributed by atoms with E-state index in [1.54, 1.807) is 18.2 Å². The fraction of sp³-hybridized carbons (Fsp3) is 0.167. The smallest absolute Gasteiger partial charge is 0.338 e. The average molecular weight is 599 g/mol. The van der Waals surface area contributed by atoms with Gasteiger partial charge in [-0.15, -0.1) is 0 Å². The van der Waals surface area contributed by atoms with Crippen molar-refractivity contribution in [2.45, 2.75) is 30.5 Å². The summed E-state index contributed by atoms with van der Waals surface area (Å²) in [5.41, 5.74) is -7.27. The molecule has 4 rings (SSSR count). The third-order valence-electron chi connectivity index (χ3n) is 6.54. The summed E-state index contributed by atoms with van der Waals surface area (Å²) in [6.07, 6.45) is -15.4. The summed E-state index contributed by atoms with van der Waals surface area (Å²) in [5, 5.41) is 2.42. The van der Waals surface area contributed by atoms with Gasteiger partial charge in [0.05, 0.1) is 22.2 Å². The summed E-state index contributed by atoms with van der Waals surface area (Å²) < 4.78 is 137. The van der Waals surface area contributed by atoms with Crippen molar-refractivity contribution in [3.8, 4) is 0 Å². The molecule has 0 aliphatic carbocycles. The zero-order valence-electron chi connectivity index (χ0n) is 21.1. The molecule has 0 radical (unpaired) electrons. The number of benzene rings is 4. The normalized spacial score (nSPS) is 12.7. The quantitative estimate of drug-likeness (QED) is 0.221. The zero-order chi connectivity index (χ0) is 30.9. The molecule has 0 spiro atoms. The molecule has 12 heteroatoms. The molecule has 0 heterocycles. The maximum atomic E-state index is 13.9. The summed E-state index contributed by atoms with van der Waals surface area (Å²) in [7, 11) is 0. The Bertz CT molecular complexity index is 1520. The fourth-order valence-electron chi connectivity index (χ4n) is 4.53. The van der Waals surface area contributed by atoms with Gasteiger partial charge >= 0.3 is 18.5 Å². The van der Waals surface area contributed by atoms with Crippen molar-refractivity contribution < 1.29 is 48.7 Å². The molecular formula is C30H19F10NO. The molecule has 4 aromatic rings. The molecule has 0 atom stereocenters. The van der Waals surface area contributed by atoms with Gasteiger partial charge in [0.2, 0.25) is 0 Å². The third kappa shape index (κ3) is 6.58. The van der Waals surface area contributed by atoms with E-state index >= 15 is 0 Å². The molecule has 0 aliphatic rings. The van der Waals surface area contributed by atoms with Crippen LogP contribution in [0.5, 0.6) is 0 Å². The first-order valence-corrected chi connectivity index (χ1v) is 12.1. The Balaban J connectivity index is 2.00. The lowest BCUT2D eigenvalue weighted by Gasteiger charge is -2.37. The monoisotopic (exact) mass is 599 g/mol. The molecule has 42 heavy (non-hydrogen) atoms. The lowest BCUT2D eigenvalue weighted by Crippen LogP contribution is -2.49. The molecule has 0 fully saturated rings. The molecule has 0 aliphatic heterocycles. The highest BCUT2D eigenvalue weighted by Gasteiger charge is 2.41. The van der Waals surface area contributed by atoms with Crippen molar-refractivity contribution in [1.29, 1.82) is 0 Å². The predicted octanol–water partition coefficient (Wildman–Crippen LogP) is 8.80. The molecular weight excluding hydrogens is 580 g/mol. The van der Waals surface area contributed by atoms with Crippen molar-refractivity contribution in [1.82, 2.24) is 5.32 Å². The van der Waals surface area contributed by atoms with Crippen molar-refractivity contribution in [2.24, 2.45) is 0 Å². The van der Waals surface area contributed by atoms with Crippen LogP contribution in [0.25, 0.3) is 0 Å². The second-order valence-electron chi connectivity index (χ2n) is 9.37. The number of rotatable bonds is 6. The van der Waals surface area contributed by atoms with Gasteiger partial charge in [-0.25, -0.2) is 4.39 Å². The van der Waals surface area contributed by atoms with Crippen LogP contribution in [-0.4, -0.2) is 5.91 Å². The van der Waals surface area contributed by atoms with Gasteiger partial charge in [-0.1, -0.05) is 54.6 Å². The predicted molar refractivity (Wildman–Crippen MR) is 133 cm³/mol.